The molecule has 1 aliphatic heterocycles. The zero-order chi connectivity index (χ0) is 25.5. The van der Waals surface area contributed by atoms with Crippen LogP contribution >= 0.6 is 0 Å². The predicted molar refractivity (Wildman–Crippen MR) is 137 cm³/mol. The number of rotatable bonds is 11. The number of carbonyl (C=O) groups is 2. The van der Waals surface area contributed by atoms with E-state index in [1.807, 2.05) is 72.6 Å². The van der Waals surface area contributed by atoms with Crippen molar-refractivity contribution in [2.24, 2.45) is 0 Å². The topological polar surface area (TPSA) is 81.1 Å². The first kappa shape index (κ1) is 25.2. The Hall–Kier alpha value is -3.91. The molecule has 3 aromatic rings. The molecule has 8 nitrogen and oxygen atoms in total. The van der Waals surface area contributed by atoms with Crippen LogP contribution < -0.4 is 15.2 Å². The summed E-state index contributed by atoms with van der Waals surface area (Å²) in [6.07, 6.45) is 2.22. The number of fused-ring (bicyclic) bond motifs is 1. The lowest BCUT2D eigenvalue weighted by molar-refractivity contribution is 0.0610. The molecular weight excluding hydrogens is 458 g/mol. The van der Waals surface area contributed by atoms with Crippen LogP contribution in [-0.4, -0.2) is 55.3 Å². The van der Waals surface area contributed by atoms with Crippen molar-refractivity contribution < 1.29 is 19.1 Å². The number of carbonyl (C=O) groups excluding carboxylic acids is 2. The number of methoxy groups -OCH3 is 1. The van der Waals surface area contributed by atoms with Crippen molar-refractivity contribution in [2.75, 3.05) is 38.5 Å². The Kier molecular flexibility index (Phi) is 8.17. The summed E-state index contributed by atoms with van der Waals surface area (Å²) in [6, 6.07) is 20.6. The first-order chi connectivity index (χ1) is 17.6. The second-order valence-corrected chi connectivity index (χ2v) is 8.61. The summed E-state index contributed by atoms with van der Waals surface area (Å²) >= 11 is 0. The first-order valence-electron chi connectivity index (χ1n) is 12.1. The van der Waals surface area contributed by atoms with E-state index >= 15 is 0 Å². The fourth-order valence-electron chi connectivity index (χ4n) is 4.44. The average Bonchev–Trinajstić information content (AvgIpc) is 2.91. The van der Waals surface area contributed by atoms with Gasteiger partial charge in [-0.1, -0.05) is 74.0 Å². The van der Waals surface area contributed by atoms with Crippen molar-refractivity contribution in [1.29, 1.82) is 0 Å². The van der Waals surface area contributed by atoms with Crippen molar-refractivity contribution in [1.82, 2.24) is 9.58 Å². The molecule has 0 fully saturated rings. The van der Waals surface area contributed by atoms with Gasteiger partial charge >= 0.3 is 0 Å². The lowest BCUT2D eigenvalue weighted by atomic mass is 9.98. The SMILES string of the molecule is CCCCOc1c2n(c(C=O)cc1=O)N(C(c1ccccc1)c1ccccc1)CN(CCOC)C2=O. The van der Waals surface area contributed by atoms with Gasteiger partial charge < -0.3 is 14.4 Å². The molecule has 8 heteroatoms. The largest absolute Gasteiger partial charge is 0.487 e. The minimum absolute atomic E-state index is 0.0361. The zero-order valence-electron chi connectivity index (χ0n) is 20.6. The summed E-state index contributed by atoms with van der Waals surface area (Å²) in [5.41, 5.74) is 1.60. The smallest absolute Gasteiger partial charge is 0.278 e. The molecule has 1 aliphatic rings. The van der Waals surface area contributed by atoms with Crippen LogP contribution in [0.4, 0.5) is 0 Å². The zero-order valence-corrected chi connectivity index (χ0v) is 20.6. The van der Waals surface area contributed by atoms with Crippen LogP contribution in [0.25, 0.3) is 0 Å². The van der Waals surface area contributed by atoms with E-state index in [4.69, 9.17) is 9.47 Å². The van der Waals surface area contributed by atoms with Crippen LogP contribution in [0.2, 0.25) is 0 Å². The number of benzene rings is 2. The van der Waals surface area contributed by atoms with Gasteiger partial charge in [-0.25, -0.2) is 4.68 Å². The Bertz CT molecular complexity index is 1200. The number of aldehydes is 1. The van der Waals surface area contributed by atoms with E-state index in [2.05, 4.69) is 0 Å². The maximum absolute atomic E-state index is 13.7. The second kappa shape index (κ2) is 11.7. The molecule has 1 aromatic heterocycles. The highest BCUT2D eigenvalue weighted by Gasteiger charge is 2.38. The van der Waals surface area contributed by atoms with Gasteiger partial charge in [-0.15, -0.1) is 0 Å². The van der Waals surface area contributed by atoms with Crippen LogP contribution in [0.15, 0.2) is 71.5 Å². The highest BCUT2D eigenvalue weighted by molar-refractivity contribution is 5.97. The molecular formula is C28H31N3O5. The minimum Gasteiger partial charge on any atom is -0.487 e. The molecule has 4 rings (SSSR count). The molecule has 0 radical (unpaired) electrons. The lowest BCUT2D eigenvalue weighted by Gasteiger charge is -2.44. The normalized spacial score (nSPS) is 13.1. The number of unbranched alkanes of at least 4 members (excludes halogenated alkanes) is 1. The molecule has 0 N–H and O–H groups in total. The molecule has 0 aliphatic carbocycles. The number of hydrogen-bond donors (Lipinski definition) is 0. The van der Waals surface area contributed by atoms with Gasteiger partial charge in [0.25, 0.3) is 5.91 Å². The Balaban J connectivity index is 1.97. The second-order valence-electron chi connectivity index (χ2n) is 8.61. The van der Waals surface area contributed by atoms with Crippen molar-refractivity contribution >= 4 is 12.2 Å². The maximum Gasteiger partial charge on any atom is 0.278 e. The third kappa shape index (κ3) is 5.04. The van der Waals surface area contributed by atoms with Gasteiger partial charge in [-0.3, -0.25) is 19.4 Å². The summed E-state index contributed by atoms with van der Waals surface area (Å²) in [7, 11) is 1.57. The maximum atomic E-state index is 13.7. The predicted octanol–water partition coefficient (Wildman–Crippen LogP) is 3.63. The van der Waals surface area contributed by atoms with E-state index in [0.29, 0.717) is 26.0 Å². The number of aromatic nitrogens is 1. The van der Waals surface area contributed by atoms with E-state index in [-0.39, 0.29) is 35.8 Å². The van der Waals surface area contributed by atoms with Crippen LogP contribution in [0.5, 0.6) is 5.75 Å². The van der Waals surface area contributed by atoms with Crippen molar-refractivity contribution in [3.05, 3.63) is 99.5 Å². The minimum atomic E-state index is -0.489. The lowest BCUT2D eigenvalue weighted by Crippen LogP contribution is -2.57. The molecule has 0 atom stereocenters. The highest BCUT2D eigenvalue weighted by atomic mass is 16.5. The Morgan fingerprint density at radius 3 is 2.17 bits per heavy atom. The summed E-state index contributed by atoms with van der Waals surface area (Å²) in [4.78, 5) is 40.6. The van der Waals surface area contributed by atoms with E-state index in [1.165, 1.54) is 6.07 Å². The summed E-state index contributed by atoms with van der Waals surface area (Å²) in [6.45, 7) is 3.14. The van der Waals surface area contributed by atoms with Crippen LogP contribution in [-0.2, 0) is 4.74 Å². The number of amides is 1. The molecule has 0 unspecified atom stereocenters. The van der Waals surface area contributed by atoms with Crippen molar-refractivity contribution in [3.8, 4) is 5.75 Å². The third-order valence-electron chi connectivity index (χ3n) is 6.20. The van der Waals surface area contributed by atoms with Gasteiger partial charge in [-0.2, -0.15) is 0 Å². The van der Waals surface area contributed by atoms with Crippen LogP contribution in [0.3, 0.4) is 0 Å². The monoisotopic (exact) mass is 489 g/mol. The first-order valence-corrected chi connectivity index (χ1v) is 12.1. The Labute approximate surface area is 210 Å². The summed E-state index contributed by atoms with van der Waals surface area (Å²) < 4.78 is 12.7. The molecule has 2 heterocycles. The van der Waals surface area contributed by atoms with Crippen LogP contribution in [0, 0.1) is 0 Å². The molecule has 188 valence electrons. The molecule has 0 bridgehead atoms. The Morgan fingerprint density at radius 1 is 0.972 bits per heavy atom. The molecule has 1 amide bonds. The van der Waals surface area contributed by atoms with Crippen molar-refractivity contribution in [3.63, 3.8) is 0 Å². The van der Waals surface area contributed by atoms with Crippen molar-refractivity contribution in [2.45, 2.75) is 25.8 Å². The molecule has 0 spiro atoms. The quantitative estimate of drug-likeness (QED) is 0.302. The summed E-state index contributed by atoms with van der Waals surface area (Å²) in [5.74, 6) is -0.415. The fraction of sp³-hybridized carbons (Fsp3) is 0.321. The average molecular weight is 490 g/mol. The van der Waals surface area contributed by atoms with Gasteiger partial charge in [-0.05, 0) is 17.5 Å². The van der Waals surface area contributed by atoms with Gasteiger partial charge in [0, 0.05) is 19.7 Å². The number of pyridine rings is 1. The summed E-state index contributed by atoms with van der Waals surface area (Å²) in [5, 5.41) is 1.94. The van der Waals surface area contributed by atoms with Crippen LogP contribution in [0.1, 0.15) is 57.9 Å². The number of nitrogens with zero attached hydrogens (tertiary/aromatic N) is 3. The van der Waals surface area contributed by atoms with E-state index in [9.17, 15) is 14.4 Å². The molecule has 0 saturated heterocycles. The third-order valence-corrected chi connectivity index (χ3v) is 6.20. The number of hydrogen-bond acceptors (Lipinski definition) is 6. The van der Waals surface area contributed by atoms with E-state index < -0.39 is 5.43 Å². The Morgan fingerprint density at radius 2 is 1.61 bits per heavy atom. The standard InChI is InChI=1S/C28H31N3O5/c1-3-4-16-36-27-24(33)18-23(19-32)31-26(27)28(34)29(15-17-35-2)20-30(31)25(21-11-7-5-8-12-21)22-13-9-6-10-14-22/h5-14,18-19,25H,3-4,15-17,20H2,1-2H3. The van der Waals surface area contributed by atoms with Gasteiger partial charge in [0.15, 0.2) is 17.7 Å². The molecule has 36 heavy (non-hydrogen) atoms. The number of ether oxygens (including phenoxy) is 2. The van der Waals surface area contributed by atoms with E-state index in [1.54, 1.807) is 16.7 Å². The van der Waals surface area contributed by atoms with Gasteiger partial charge in [0.05, 0.1) is 19.3 Å². The molecule has 2 aromatic carbocycles. The highest BCUT2D eigenvalue weighted by Crippen LogP contribution is 2.33. The van der Waals surface area contributed by atoms with Gasteiger partial charge in [0.1, 0.15) is 12.4 Å². The fourth-order valence-corrected chi connectivity index (χ4v) is 4.44. The molecule has 0 saturated carbocycles. The van der Waals surface area contributed by atoms with Gasteiger partial charge in [0.2, 0.25) is 5.43 Å². The van der Waals surface area contributed by atoms with E-state index in [0.717, 1.165) is 24.0 Å².